The van der Waals surface area contributed by atoms with Gasteiger partial charge in [0.2, 0.25) is 0 Å². The standard InChI is InChI=1S/C17H13Cl2NO3/c1-2-13(11-5-8-14(18)15(19)9-11)16(21)20-12-6-3-10(4-7-12)17(22)23/h2-9H,1H3,(H,20,21)(H,22,23). The zero-order valence-electron chi connectivity index (χ0n) is 12.1. The van der Waals surface area contributed by atoms with Crippen LogP contribution in [0.25, 0.3) is 5.57 Å². The first kappa shape index (κ1) is 17.1. The molecule has 2 N–H and O–H groups in total. The molecule has 0 aliphatic heterocycles. The maximum Gasteiger partial charge on any atom is 0.335 e. The van der Waals surface area contributed by atoms with E-state index in [1.807, 2.05) is 0 Å². The van der Waals surface area contributed by atoms with Gasteiger partial charge in [0.1, 0.15) is 0 Å². The van der Waals surface area contributed by atoms with Gasteiger partial charge in [-0.3, -0.25) is 4.79 Å². The minimum absolute atomic E-state index is 0.152. The Morgan fingerprint density at radius 1 is 1.00 bits per heavy atom. The number of amides is 1. The predicted octanol–water partition coefficient (Wildman–Crippen LogP) is 4.73. The molecule has 0 aliphatic carbocycles. The lowest BCUT2D eigenvalue weighted by Gasteiger charge is -2.10. The van der Waals surface area contributed by atoms with Gasteiger partial charge in [-0.25, -0.2) is 4.79 Å². The molecule has 0 unspecified atom stereocenters. The highest BCUT2D eigenvalue weighted by Gasteiger charge is 2.13. The second kappa shape index (κ2) is 7.31. The van der Waals surface area contributed by atoms with E-state index in [0.29, 0.717) is 26.9 Å². The number of carboxylic acid groups (broad SMARTS) is 1. The summed E-state index contributed by atoms with van der Waals surface area (Å²) in [5.41, 5.74) is 1.73. The largest absolute Gasteiger partial charge is 0.478 e. The normalized spacial score (nSPS) is 11.2. The molecule has 0 saturated carbocycles. The zero-order valence-corrected chi connectivity index (χ0v) is 13.7. The third-order valence-corrected chi connectivity index (χ3v) is 3.89. The number of aromatic carboxylic acids is 1. The van der Waals surface area contributed by atoms with Crippen LogP contribution in [-0.4, -0.2) is 17.0 Å². The summed E-state index contributed by atoms with van der Waals surface area (Å²) < 4.78 is 0. The van der Waals surface area contributed by atoms with Gasteiger partial charge in [-0.05, 0) is 48.9 Å². The summed E-state index contributed by atoms with van der Waals surface area (Å²) in [6, 6.07) is 10.9. The van der Waals surface area contributed by atoms with E-state index in [9.17, 15) is 9.59 Å². The molecule has 2 rings (SSSR count). The second-order valence-electron chi connectivity index (χ2n) is 4.67. The van der Waals surface area contributed by atoms with Gasteiger partial charge in [-0.15, -0.1) is 0 Å². The minimum atomic E-state index is -1.02. The van der Waals surface area contributed by atoms with Crippen LogP contribution >= 0.6 is 23.2 Å². The molecule has 0 atom stereocenters. The van der Waals surface area contributed by atoms with E-state index in [-0.39, 0.29) is 11.5 Å². The van der Waals surface area contributed by atoms with Gasteiger partial charge in [0.05, 0.1) is 15.6 Å². The maximum atomic E-state index is 12.4. The topological polar surface area (TPSA) is 66.4 Å². The zero-order chi connectivity index (χ0) is 17.0. The number of anilines is 1. The number of hydrogen-bond donors (Lipinski definition) is 2. The van der Waals surface area contributed by atoms with Crippen LogP contribution in [0.3, 0.4) is 0 Å². The van der Waals surface area contributed by atoms with Gasteiger partial charge in [0.15, 0.2) is 0 Å². The number of benzene rings is 2. The molecule has 0 aliphatic rings. The summed E-state index contributed by atoms with van der Waals surface area (Å²) in [6.07, 6.45) is 1.67. The van der Waals surface area contributed by atoms with E-state index in [0.717, 1.165) is 0 Å². The van der Waals surface area contributed by atoms with E-state index in [4.69, 9.17) is 28.3 Å². The van der Waals surface area contributed by atoms with Gasteiger partial charge in [0, 0.05) is 11.3 Å². The van der Waals surface area contributed by atoms with Crippen molar-refractivity contribution in [3.8, 4) is 0 Å². The summed E-state index contributed by atoms with van der Waals surface area (Å²) in [5, 5.41) is 12.4. The Balaban J connectivity index is 2.20. The van der Waals surface area contributed by atoms with E-state index >= 15 is 0 Å². The second-order valence-corrected chi connectivity index (χ2v) is 5.48. The van der Waals surface area contributed by atoms with Crippen molar-refractivity contribution in [2.45, 2.75) is 6.92 Å². The van der Waals surface area contributed by atoms with Gasteiger partial charge in [0.25, 0.3) is 5.91 Å². The average molecular weight is 350 g/mol. The van der Waals surface area contributed by atoms with Crippen molar-refractivity contribution < 1.29 is 14.7 Å². The number of nitrogens with one attached hydrogen (secondary N) is 1. The van der Waals surface area contributed by atoms with Crippen LogP contribution in [0.5, 0.6) is 0 Å². The molecule has 118 valence electrons. The highest BCUT2D eigenvalue weighted by atomic mass is 35.5. The maximum absolute atomic E-state index is 12.4. The van der Waals surface area contributed by atoms with Crippen molar-refractivity contribution in [3.05, 3.63) is 69.7 Å². The lowest BCUT2D eigenvalue weighted by atomic mass is 10.0. The number of allylic oxidation sites excluding steroid dienone is 1. The highest BCUT2D eigenvalue weighted by molar-refractivity contribution is 6.42. The Bertz CT molecular complexity index is 783. The first-order chi connectivity index (χ1) is 10.9. The molecule has 2 aromatic carbocycles. The lowest BCUT2D eigenvalue weighted by Crippen LogP contribution is -2.13. The quantitative estimate of drug-likeness (QED) is 0.783. The molecule has 0 aromatic heterocycles. The Morgan fingerprint density at radius 3 is 2.13 bits per heavy atom. The molecule has 6 heteroatoms. The number of carboxylic acids is 1. The molecule has 4 nitrogen and oxygen atoms in total. The SMILES string of the molecule is CC=C(C(=O)Nc1ccc(C(=O)O)cc1)c1ccc(Cl)c(Cl)c1. The van der Waals surface area contributed by atoms with Crippen LogP contribution in [0.4, 0.5) is 5.69 Å². The van der Waals surface area contributed by atoms with Crippen LogP contribution in [-0.2, 0) is 4.79 Å². The van der Waals surface area contributed by atoms with Crippen molar-refractivity contribution >= 4 is 46.3 Å². The Labute approximate surface area is 143 Å². The Hall–Kier alpha value is -2.30. The van der Waals surface area contributed by atoms with Crippen LogP contribution in [0.1, 0.15) is 22.8 Å². The predicted molar refractivity (Wildman–Crippen MR) is 92.1 cm³/mol. The molecule has 0 spiro atoms. The lowest BCUT2D eigenvalue weighted by molar-refractivity contribution is -0.111. The highest BCUT2D eigenvalue weighted by Crippen LogP contribution is 2.27. The fourth-order valence-electron chi connectivity index (χ4n) is 1.99. The number of rotatable bonds is 4. The molecule has 23 heavy (non-hydrogen) atoms. The van der Waals surface area contributed by atoms with Crippen molar-refractivity contribution in [3.63, 3.8) is 0 Å². The molecule has 0 bridgehead atoms. The summed E-state index contributed by atoms with van der Waals surface area (Å²) in [7, 11) is 0. The third kappa shape index (κ3) is 4.12. The number of hydrogen-bond acceptors (Lipinski definition) is 2. The molecular weight excluding hydrogens is 337 g/mol. The van der Waals surface area contributed by atoms with Crippen molar-refractivity contribution in [1.82, 2.24) is 0 Å². The number of carbonyl (C=O) groups is 2. The fraction of sp³-hybridized carbons (Fsp3) is 0.0588. The van der Waals surface area contributed by atoms with Gasteiger partial charge in [-0.1, -0.05) is 35.3 Å². The van der Waals surface area contributed by atoms with E-state index in [2.05, 4.69) is 5.32 Å². The van der Waals surface area contributed by atoms with E-state index in [1.54, 1.807) is 31.2 Å². The van der Waals surface area contributed by atoms with Gasteiger partial charge < -0.3 is 10.4 Å². The van der Waals surface area contributed by atoms with Crippen LogP contribution in [0, 0.1) is 0 Å². The first-order valence-electron chi connectivity index (χ1n) is 6.69. The Kier molecular flexibility index (Phi) is 5.42. The third-order valence-electron chi connectivity index (χ3n) is 3.15. The van der Waals surface area contributed by atoms with Gasteiger partial charge >= 0.3 is 5.97 Å². The molecule has 0 fully saturated rings. The molecule has 2 aromatic rings. The van der Waals surface area contributed by atoms with Crippen molar-refractivity contribution in [2.75, 3.05) is 5.32 Å². The number of halogens is 2. The monoisotopic (exact) mass is 349 g/mol. The van der Waals surface area contributed by atoms with Crippen molar-refractivity contribution in [1.29, 1.82) is 0 Å². The van der Waals surface area contributed by atoms with Gasteiger partial charge in [-0.2, -0.15) is 0 Å². The average Bonchev–Trinajstić information content (AvgIpc) is 2.52. The summed E-state index contributed by atoms with van der Waals surface area (Å²) in [5.74, 6) is -1.35. The fourth-order valence-corrected chi connectivity index (χ4v) is 2.29. The summed E-state index contributed by atoms with van der Waals surface area (Å²) in [6.45, 7) is 1.74. The van der Waals surface area contributed by atoms with Crippen LogP contribution in [0.15, 0.2) is 48.5 Å². The summed E-state index contributed by atoms with van der Waals surface area (Å²) >= 11 is 11.9. The minimum Gasteiger partial charge on any atom is -0.478 e. The molecule has 0 heterocycles. The van der Waals surface area contributed by atoms with Crippen LogP contribution < -0.4 is 5.32 Å². The van der Waals surface area contributed by atoms with E-state index in [1.165, 1.54) is 24.3 Å². The molecule has 0 saturated heterocycles. The van der Waals surface area contributed by atoms with Crippen molar-refractivity contribution in [2.24, 2.45) is 0 Å². The number of carbonyl (C=O) groups excluding carboxylic acids is 1. The summed E-state index contributed by atoms with van der Waals surface area (Å²) in [4.78, 5) is 23.2. The molecule has 0 radical (unpaired) electrons. The van der Waals surface area contributed by atoms with Crippen LogP contribution in [0.2, 0.25) is 10.0 Å². The molecule has 1 amide bonds. The van der Waals surface area contributed by atoms with E-state index < -0.39 is 5.97 Å². The first-order valence-corrected chi connectivity index (χ1v) is 7.44. The molecular formula is C17H13Cl2NO3. The Morgan fingerprint density at radius 2 is 1.61 bits per heavy atom. The smallest absolute Gasteiger partial charge is 0.335 e.